The van der Waals surface area contributed by atoms with Crippen molar-refractivity contribution >= 4 is 27.7 Å². The number of rotatable bonds is 4. The molecule has 3 atom stereocenters. The molecule has 1 aliphatic rings. The topological polar surface area (TPSA) is 75.0 Å². The molecular formula is C17H12ClNO3S. The molecule has 1 aliphatic carbocycles. The minimum atomic E-state index is -3.82. The molecule has 0 heterocycles. The number of sulfone groups is 1. The van der Waals surface area contributed by atoms with Gasteiger partial charge in [-0.3, -0.25) is 0 Å². The molecular weight excluding hydrogens is 334 g/mol. The van der Waals surface area contributed by atoms with Crippen molar-refractivity contribution in [1.82, 2.24) is 0 Å². The van der Waals surface area contributed by atoms with Gasteiger partial charge < -0.3 is 4.79 Å². The summed E-state index contributed by atoms with van der Waals surface area (Å²) >= 11 is 5.79. The maximum atomic E-state index is 12.9. The van der Waals surface area contributed by atoms with Crippen LogP contribution in [0.25, 0.3) is 0 Å². The van der Waals surface area contributed by atoms with E-state index in [1.807, 2.05) is 6.07 Å². The van der Waals surface area contributed by atoms with Crippen molar-refractivity contribution in [2.75, 3.05) is 0 Å². The molecule has 3 rings (SSSR count). The van der Waals surface area contributed by atoms with Crippen molar-refractivity contribution in [2.24, 2.45) is 5.41 Å². The first kappa shape index (κ1) is 15.7. The predicted molar refractivity (Wildman–Crippen MR) is 85.7 cm³/mol. The van der Waals surface area contributed by atoms with Gasteiger partial charge in [-0.15, -0.1) is 0 Å². The van der Waals surface area contributed by atoms with Gasteiger partial charge in [-0.2, -0.15) is 5.26 Å². The monoisotopic (exact) mass is 345 g/mol. The zero-order chi connectivity index (χ0) is 16.7. The second-order valence-electron chi connectivity index (χ2n) is 5.47. The highest BCUT2D eigenvalue weighted by Gasteiger charge is 2.72. The summed E-state index contributed by atoms with van der Waals surface area (Å²) in [5.74, 6) is -0.660. The third kappa shape index (κ3) is 2.35. The Kier molecular flexibility index (Phi) is 3.75. The molecule has 0 aromatic heterocycles. The molecule has 0 amide bonds. The van der Waals surface area contributed by atoms with Crippen LogP contribution in [0.2, 0.25) is 5.02 Å². The summed E-state index contributed by atoms with van der Waals surface area (Å²) in [4.78, 5) is 11.6. The fraction of sp³-hybridized carbons (Fsp3) is 0.176. The molecule has 2 aromatic rings. The maximum absolute atomic E-state index is 12.9. The number of carbonyl (C=O) groups excluding carboxylic acids is 1. The summed E-state index contributed by atoms with van der Waals surface area (Å²) in [6.07, 6.45) is 0.461. The van der Waals surface area contributed by atoms with E-state index in [-0.39, 0.29) is 4.90 Å². The van der Waals surface area contributed by atoms with Crippen molar-refractivity contribution in [3.63, 3.8) is 0 Å². The van der Waals surface area contributed by atoms with E-state index in [0.29, 0.717) is 16.9 Å². The molecule has 0 saturated heterocycles. The summed E-state index contributed by atoms with van der Waals surface area (Å²) in [6, 6.07) is 16.4. The van der Waals surface area contributed by atoms with E-state index in [1.54, 1.807) is 30.3 Å². The zero-order valence-electron chi connectivity index (χ0n) is 11.9. The number of hydrogen-bond acceptors (Lipinski definition) is 4. The van der Waals surface area contributed by atoms with Gasteiger partial charge in [0.1, 0.15) is 17.0 Å². The van der Waals surface area contributed by atoms with Crippen LogP contribution < -0.4 is 0 Å². The lowest BCUT2D eigenvalue weighted by Crippen LogP contribution is -2.16. The Morgan fingerprint density at radius 3 is 2.22 bits per heavy atom. The van der Waals surface area contributed by atoms with Crippen molar-refractivity contribution in [3.8, 4) is 6.07 Å². The molecule has 0 bridgehead atoms. The van der Waals surface area contributed by atoms with Crippen molar-refractivity contribution in [3.05, 3.63) is 65.2 Å². The largest absolute Gasteiger partial charge is 0.302 e. The standard InChI is InChI=1S/C17H12ClNO3S/c18-13-6-8-14(9-7-13)23(21,22)16-15(17(16,10-19)11-20)12-4-2-1-3-5-12/h1-9,11,15-16H/t15-,16-,17+/m0/s1. The van der Waals surface area contributed by atoms with Crippen LogP contribution in [0.3, 0.4) is 0 Å². The van der Waals surface area contributed by atoms with Crippen LogP contribution in [0.5, 0.6) is 0 Å². The van der Waals surface area contributed by atoms with Crippen molar-refractivity contribution < 1.29 is 13.2 Å². The summed E-state index contributed by atoms with van der Waals surface area (Å²) in [7, 11) is -3.82. The van der Waals surface area contributed by atoms with Crippen LogP contribution in [0, 0.1) is 16.7 Å². The fourth-order valence-corrected chi connectivity index (χ4v) is 5.36. The summed E-state index contributed by atoms with van der Waals surface area (Å²) in [5, 5.41) is 8.78. The molecule has 23 heavy (non-hydrogen) atoms. The molecule has 0 spiro atoms. The Hall–Kier alpha value is -2.16. The zero-order valence-corrected chi connectivity index (χ0v) is 13.5. The van der Waals surface area contributed by atoms with Crippen LogP contribution in [0.1, 0.15) is 11.5 Å². The Morgan fingerprint density at radius 2 is 1.70 bits per heavy atom. The third-order valence-corrected chi connectivity index (χ3v) is 6.71. The molecule has 116 valence electrons. The van der Waals surface area contributed by atoms with Gasteiger partial charge in [-0.05, 0) is 29.8 Å². The summed E-state index contributed by atoms with van der Waals surface area (Å²) in [6.45, 7) is 0. The molecule has 6 heteroatoms. The van der Waals surface area contributed by atoms with Gasteiger partial charge in [0.25, 0.3) is 0 Å². The van der Waals surface area contributed by atoms with Gasteiger partial charge in [0.2, 0.25) is 0 Å². The van der Waals surface area contributed by atoms with Crippen LogP contribution in [0.15, 0.2) is 59.5 Å². The minimum Gasteiger partial charge on any atom is -0.302 e. The quantitative estimate of drug-likeness (QED) is 0.798. The normalized spacial score (nSPS) is 26.3. The Bertz CT molecular complexity index is 888. The number of nitriles is 1. The number of benzene rings is 2. The van der Waals surface area contributed by atoms with Crippen LogP contribution >= 0.6 is 11.6 Å². The molecule has 4 nitrogen and oxygen atoms in total. The van der Waals surface area contributed by atoms with Crippen LogP contribution in [-0.2, 0) is 14.6 Å². The first-order valence-electron chi connectivity index (χ1n) is 6.89. The van der Waals surface area contributed by atoms with Crippen LogP contribution in [-0.4, -0.2) is 20.0 Å². The lowest BCUT2D eigenvalue weighted by Gasteiger charge is -2.04. The lowest BCUT2D eigenvalue weighted by atomic mass is 10.0. The molecule has 1 saturated carbocycles. The lowest BCUT2D eigenvalue weighted by molar-refractivity contribution is -0.110. The molecule has 0 unspecified atom stereocenters. The second kappa shape index (κ2) is 5.48. The van der Waals surface area contributed by atoms with E-state index < -0.39 is 26.4 Å². The van der Waals surface area contributed by atoms with E-state index >= 15 is 0 Å². The first-order valence-corrected chi connectivity index (χ1v) is 8.82. The molecule has 0 N–H and O–H groups in total. The Labute approximate surface area is 139 Å². The average molecular weight is 346 g/mol. The number of halogens is 1. The highest BCUT2D eigenvalue weighted by atomic mass is 35.5. The van der Waals surface area contributed by atoms with Gasteiger partial charge in [-0.1, -0.05) is 41.9 Å². The van der Waals surface area contributed by atoms with E-state index in [1.165, 1.54) is 24.3 Å². The van der Waals surface area contributed by atoms with Gasteiger partial charge in [0.05, 0.1) is 11.0 Å². The second-order valence-corrected chi connectivity index (χ2v) is 7.98. The van der Waals surface area contributed by atoms with Gasteiger partial charge in [0, 0.05) is 10.9 Å². The van der Waals surface area contributed by atoms with Gasteiger partial charge in [0.15, 0.2) is 9.84 Å². The van der Waals surface area contributed by atoms with E-state index in [9.17, 15) is 18.5 Å². The number of nitrogens with zero attached hydrogens (tertiary/aromatic N) is 1. The fourth-order valence-electron chi connectivity index (χ4n) is 2.99. The third-order valence-electron chi connectivity index (χ3n) is 4.20. The van der Waals surface area contributed by atoms with E-state index in [0.717, 1.165) is 0 Å². The smallest absolute Gasteiger partial charge is 0.183 e. The minimum absolute atomic E-state index is 0.0619. The molecule has 1 fully saturated rings. The first-order chi connectivity index (χ1) is 11.0. The number of carbonyl (C=O) groups is 1. The highest BCUT2D eigenvalue weighted by Crippen LogP contribution is 2.62. The Morgan fingerprint density at radius 1 is 1.09 bits per heavy atom. The number of aldehydes is 1. The van der Waals surface area contributed by atoms with E-state index in [2.05, 4.69) is 0 Å². The highest BCUT2D eigenvalue weighted by molar-refractivity contribution is 7.92. The summed E-state index contributed by atoms with van der Waals surface area (Å²) < 4.78 is 25.7. The van der Waals surface area contributed by atoms with Crippen molar-refractivity contribution in [2.45, 2.75) is 16.1 Å². The predicted octanol–water partition coefficient (Wildman–Crippen LogP) is 2.99. The number of hydrogen-bond donors (Lipinski definition) is 0. The van der Waals surface area contributed by atoms with Crippen LogP contribution in [0.4, 0.5) is 0 Å². The summed E-state index contributed by atoms with van der Waals surface area (Å²) in [5.41, 5.74) is -0.872. The molecule has 0 aliphatic heterocycles. The van der Waals surface area contributed by atoms with E-state index in [4.69, 9.17) is 11.6 Å². The Balaban J connectivity index is 2.09. The SMILES string of the molecule is N#C[C@@]1(C=O)[C@@H](c2ccccc2)[C@@H]1S(=O)(=O)c1ccc(Cl)cc1. The molecule has 0 radical (unpaired) electrons. The van der Waals surface area contributed by atoms with Gasteiger partial charge in [-0.25, -0.2) is 8.42 Å². The van der Waals surface area contributed by atoms with Gasteiger partial charge >= 0.3 is 0 Å². The maximum Gasteiger partial charge on any atom is 0.183 e. The average Bonchev–Trinajstić information content (AvgIpc) is 3.27. The molecule has 2 aromatic carbocycles. The van der Waals surface area contributed by atoms with Crippen molar-refractivity contribution in [1.29, 1.82) is 5.26 Å².